The van der Waals surface area contributed by atoms with Crippen LogP contribution in [-0.4, -0.2) is 50.2 Å². The van der Waals surface area contributed by atoms with Crippen molar-refractivity contribution in [2.75, 3.05) is 13.7 Å². The van der Waals surface area contributed by atoms with Gasteiger partial charge < -0.3 is 14.7 Å². The van der Waals surface area contributed by atoms with Gasteiger partial charge in [-0.2, -0.15) is 5.10 Å². The molecule has 0 bridgehead atoms. The molecule has 10 nitrogen and oxygen atoms in total. The van der Waals surface area contributed by atoms with Gasteiger partial charge in [-0.05, 0) is 17.7 Å². The molecule has 2 rings (SSSR count). The summed E-state index contributed by atoms with van der Waals surface area (Å²) < 4.78 is 6.24. The van der Waals surface area contributed by atoms with Crippen LogP contribution in [0.1, 0.15) is 16.1 Å². The van der Waals surface area contributed by atoms with Crippen LogP contribution >= 0.6 is 0 Å². The van der Waals surface area contributed by atoms with E-state index in [9.17, 15) is 19.7 Å². The molecular formula is C15H16N4O6. The van der Waals surface area contributed by atoms with Crippen molar-refractivity contribution in [3.05, 3.63) is 51.8 Å². The fraction of sp³-hybridized carbons (Fsp3) is 0.267. The molecule has 0 saturated heterocycles. The number of amides is 1. The lowest BCUT2D eigenvalue weighted by atomic mass is 10.2. The van der Waals surface area contributed by atoms with Gasteiger partial charge in [-0.3, -0.25) is 19.6 Å². The largest absolute Gasteiger partial charge is 0.482 e. The van der Waals surface area contributed by atoms with Crippen molar-refractivity contribution in [2.45, 2.75) is 6.54 Å². The first-order valence-corrected chi connectivity index (χ1v) is 7.15. The second-order valence-corrected chi connectivity index (χ2v) is 5.28. The number of aromatic nitrogens is 2. The Labute approximate surface area is 142 Å². The molecule has 0 spiro atoms. The molecule has 0 saturated carbocycles. The molecule has 25 heavy (non-hydrogen) atoms. The van der Waals surface area contributed by atoms with Crippen molar-refractivity contribution in [1.82, 2.24) is 14.7 Å². The highest BCUT2D eigenvalue weighted by Gasteiger charge is 2.27. The van der Waals surface area contributed by atoms with E-state index in [0.29, 0.717) is 5.75 Å². The minimum absolute atomic E-state index is 0.200. The van der Waals surface area contributed by atoms with Crippen molar-refractivity contribution in [3.8, 4) is 5.75 Å². The summed E-state index contributed by atoms with van der Waals surface area (Å²) in [7, 11) is 3.01. The molecule has 0 aliphatic heterocycles. The Morgan fingerprint density at radius 3 is 2.56 bits per heavy atom. The van der Waals surface area contributed by atoms with E-state index in [0.717, 1.165) is 5.56 Å². The van der Waals surface area contributed by atoms with E-state index in [-0.39, 0.29) is 17.9 Å². The highest BCUT2D eigenvalue weighted by atomic mass is 16.6. The average Bonchev–Trinajstić information content (AvgIpc) is 2.95. The van der Waals surface area contributed by atoms with Crippen LogP contribution in [0.4, 0.5) is 5.69 Å². The van der Waals surface area contributed by atoms with Gasteiger partial charge in [-0.15, -0.1) is 0 Å². The van der Waals surface area contributed by atoms with E-state index in [2.05, 4.69) is 5.10 Å². The third-order valence-electron chi connectivity index (χ3n) is 3.26. The lowest BCUT2D eigenvalue weighted by Gasteiger charge is -2.16. The first-order chi connectivity index (χ1) is 11.8. The Balaban J connectivity index is 2.06. The summed E-state index contributed by atoms with van der Waals surface area (Å²) in [6.07, 6.45) is 1.18. The number of hydrogen-bond acceptors (Lipinski definition) is 6. The van der Waals surface area contributed by atoms with Crippen LogP contribution in [0.2, 0.25) is 0 Å². The summed E-state index contributed by atoms with van der Waals surface area (Å²) in [5, 5.41) is 23.4. The van der Waals surface area contributed by atoms with Crippen LogP contribution in [0.5, 0.6) is 5.75 Å². The molecule has 132 valence electrons. The second-order valence-electron chi connectivity index (χ2n) is 5.28. The van der Waals surface area contributed by atoms with Gasteiger partial charge in [0.05, 0.1) is 4.92 Å². The Hall–Kier alpha value is -3.43. The number of carboxylic acid groups (broad SMARTS) is 1. The van der Waals surface area contributed by atoms with Gasteiger partial charge in [0.25, 0.3) is 5.91 Å². The quantitative estimate of drug-likeness (QED) is 0.585. The maximum Gasteiger partial charge on any atom is 0.341 e. The molecule has 0 atom stereocenters. The van der Waals surface area contributed by atoms with Crippen LogP contribution in [0.15, 0.2) is 30.5 Å². The fourth-order valence-corrected chi connectivity index (χ4v) is 2.12. The van der Waals surface area contributed by atoms with E-state index in [1.54, 1.807) is 24.3 Å². The molecule has 1 amide bonds. The van der Waals surface area contributed by atoms with E-state index in [1.807, 2.05) is 0 Å². The van der Waals surface area contributed by atoms with Crippen LogP contribution < -0.4 is 4.74 Å². The van der Waals surface area contributed by atoms with Crippen LogP contribution in [0, 0.1) is 10.1 Å². The number of carbonyl (C=O) groups excluding carboxylic acids is 1. The summed E-state index contributed by atoms with van der Waals surface area (Å²) in [5.41, 5.74) is 0.172. The SMILES string of the molecule is CN(Cc1ccc(OCC(=O)O)cc1)C(=O)c1nn(C)cc1[N+](=O)[O-]. The molecule has 0 unspecified atom stereocenters. The first kappa shape index (κ1) is 17.9. The van der Waals surface area contributed by atoms with Gasteiger partial charge in [0.15, 0.2) is 6.61 Å². The standard InChI is InChI=1S/C15H16N4O6/c1-17(15(22)14-12(19(23)24)8-18(2)16-14)7-10-3-5-11(6-4-10)25-9-13(20)21/h3-6,8H,7,9H2,1-2H3,(H,20,21). The topological polar surface area (TPSA) is 128 Å². The minimum atomic E-state index is -1.08. The number of nitro groups is 1. The smallest absolute Gasteiger partial charge is 0.341 e. The monoisotopic (exact) mass is 348 g/mol. The summed E-state index contributed by atoms with van der Waals surface area (Å²) >= 11 is 0. The molecule has 0 aliphatic rings. The number of aryl methyl sites for hydroxylation is 1. The zero-order valence-electron chi connectivity index (χ0n) is 13.6. The van der Waals surface area contributed by atoms with Crippen molar-refractivity contribution in [3.63, 3.8) is 0 Å². The molecule has 0 fully saturated rings. The van der Waals surface area contributed by atoms with Gasteiger partial charge in [-0.25, -0.2) is 4.79 Å². The molecule has 1 aromatic heterocycles. The van der Waals surface area contributed by atoms with Gasteiger partial charge in [0.2, 0.25) is 5.69 Å². The van der Waals surface area contributed by atoms with E-state index < -0.39 is 23.4 Å². The summed E-state index contributed by atoms with van der Waals surface area (Å²) in [6, 6.07) is 6.52. The number of carboxylic acids is 1. The molecular weight excluding hydrogens is 332 g/mol. The average molecular weight is 348 g/mol. The lowest BCUT2D eigenvalue weighted by molar-refractivity contribution is -0.385. The normalized spacial score (nSPS) is 10.3. The third-order valence-corrected chi connectivity index (χ3v) is 3.26. The molecule has 0 radical (unpaired) electrons. The number of benzene rings is 1. The number of ether oxygens (including phenoxy) is 1. The Kier molecular flexibility index (Phi) is 5.32. The van der Waals surface area contributed by atoms with Gasteiger partial charge in [0.1, 0.15) is 11.9 Å². The zero-order valence-corrected chi connectivity index (χ0v) is 13.6. The Morgan fingerprint density at radius 2 is 2.00 bits per heavy atom. The van der Waals surface area contributed by atoms with Gasteiger partial charge in [0, 0.05) is 20.6 Å². The number of rotatable bonds is 7. The van der Waals surface area contributed by atoms with Crippen molar-refractivity contribution in [1.29, 1.82) is 0 Å². The molecule has 10 heteroatoms. The molecule has 0 aliphatic carbocycles. The van der Waals surface area contributed by atoms with Crippen molar-refractivity contribution < 1.29 is 24.4 Å². The number of aliphatic carboxylic acids is 1. The minimum Gasteiger partial charge on any atom is -0.482 e. The Morgan fingerprint density at radius 1 is 1.36 bits per heavy atom. The maximum atomic E-state index is 12.4. The number of carbonyl (C=O) groups is 2. The van der Waals surface area contributed by atoms with Crippen LogP contribution in [0.25, 0.3) is 0 Å². The van der Waals surface area contributed by atoms with E-state index in [1.165, 1.54) is 29.9 Å². The van der Waals surface area contributed by atoms with Gasteiger partial charge >= 0.3 is 11.7 Å². The first-order valence-electron chi connectivity index (χ1n) is 7.15. The van der Waals surface area contributed by atoms with Crippen molar-refractivity contribution in [2.24, 2.45) is 7.05 Å². The van der Waals surface area contributed by atoms with E-state index in [4.69, 9.17) is 9.84 Å². The summed E-state index contributed by atoms with van der Waals surface area (Å²) in [5.74, 6) is -1.26. The highest BCUT2D eigenvalue weighted by Crippen LogP contribution is 2.19. The van der Waals surface area contributed by atoms with Gasteiger partial charge in [-0.1, -0.05) is 12.1 Å². The summed E-state index contributed by atoms with van der Waals surface area (Å²) in [4.78, 5) is 34.5. The lowest BCUT2D eigenvalue weighted by Crippen LogP contribution is -2.27. The predicted octanol–water partition coefficient (Wildman–Crippen LogP) is 1.06. The molecule has 1 heterocycles. The second kappa shape index (κ2) is 7.43. The van der Waals surface area contributed by atoms with Crippen molar-refractivity contribution >= 4 is 17.6 Å². The highest BCUT2D eigenvalue weighted by molar-refractivity contribution is 5.95. The molecule has 1 N–H and O–H groups in total. The maximum absolute atomic E-state index is 12.4. The fourth-order valence-electron chi connectivity index (χ4n) is 2.12. The Bertz CT molecular complexity index is 799. The van der Waals surface area contributed by atoms with Crippen LogP contribution in [0.3, 0.4) is 0 Å². The molecule has 1 aromatic carbocycles. The number of nitrogens with zero attached hydrogens (tertiary/aromatic N) is 4. The number of hydrogen-bond donors (Lipinski definition) is 1. The summed E-state index contributed by atoms with van der Waals surface area (Å²) in [6.45, 7) is -0.243. The predicted molar refractivity (Wildman–Crippen MR) is 85.2 cm³/mol. The molecule has 2 aromatic rings. The third kappa shape index (κ3) is 4.53. The zero-order chi connectivity index (χ0) is 18.6. The van der Waals surface area contributed by atoms with Crippen LogP contribution in [-0.2, 0) is 18.4 Å². The van der Waals surface area contributed by atoms with E-state index >= 15 is 0 Å².